The molecule has 0 aliphatic carbocycles. The average Bonchev–Trinajstić information content (AvgIpc) is 2.64. The lowest BCUT2D eigenvalue weighted by Crippen LogP contribution is -2.30. The molecular formula is C20H31N3O. The minimum absolute atomic E-state index is 0.750. The van der Waals surface area contributed by atoms with Gasteiger partial charge in [0, 0.05) is 11.6 Å². The normalized spacial score (nSPS) is 14.1. The first-order valence-corrected chi connectivity index (χ1v) is 8.93. The fourth-order valence-electron chi connectivity index (χ4n) is 2.68. The van der Waals surface area contributed by atoms with Crippen LogP contribution in [0.3, 0.4) is 0 Å². The Bertz CT molecular complexity index is 488. The van der Waals surface area contributed by atoms with Crippen LogP contribution in [0.25, 0.3) is 10.9 Å². The minimum atomic E-state index is 0.750. The topological polar surface area (TPSA) is 59.2 Å². The summed E-state index contributed by atoms with van der Waals surface area (Å²) in [4.78, 5) is 15.6. The lowest BCUT2D eigenvalue weighted by atomic mass is 10.1. The molecule has 24 heavy (non-hydrogen) atoms. The van der Waals surface area contributed by atoms with Crippen molar-refractivity contribution in [2.45, 2.75) is 39.0 Å². The number of aldehydes is 1. The van der Waals surface area contributed by atoms with Crippen molar-refractivity contribution in [3.8, 4) is 0 Å². The number of benzene rings is 1. The van der Waals surface area contributed by atoms with Gasteiger partial charge in [-0.15, -0.1) is 0 Å². The summed E-state index contributed by atoms with van der Waals surface area (Å²) in [5.41, 5.74) is 6.49. The molecule has 4 nitrogen and oxygen atoms in total. The number of hydrogen-bond acceptors (Lipinski definition) is 4. The quantitative estimate of drug-likeness (QED) is 0.687. The molecule has 1 aliphatic heterocycles. The van der Waals surface area contributed by atoms with Crippen molar-refractivity contribution in [1.82, 2.24) is 9.88 Å². The van der Waals surface area contributed by atoms with Crippen LogP contribution < -0.4 is 5.73 Å². The number of hydrogen-bond donors (Lipinski definition) is 1. The van der Waals surface area contributed by atoms with Crippen LogP contribution in [-0.2, 0) is 4.79 Å². The molecule has 2 heterocycles. The molecule has 3 rings (SSSR count). The second-order valence-electron chi connectivity index (χ2n) is 5.83. The SMILES string of the molecule is CC=O.NCCCCN1CCCCC1.c1ccc2ncccc2c1. The lowest BCUT2D eigenvalue weighted by molar-refractivity contribution is -0.106. The summed E-state index contributed by atoms with van der Waals surface area (Å²) in [5.74, 6) is 0. The molecule has 2 aromatic rings. The molecular weight excluding hydrogens is 298 g/mol. The van der Waals surface area contributed by atoms with Crippen molar-refractivity contribution < 1.29 is 4.79 Å². The molecule has 2 N–H and O–H groups in total. The van der Waals surface area contributed by atoms with Gasteiger partial charge in [0.15, 0.2) is 0 Å². The maximum absolute atomic E-state index is 8.81. The molecule has 1 saturated heterocycles. The number of carbonyl (C=O) groups is 1. The van der Waals surface area contributed by atoms with Gasteiger partial charge in [-0.2, -0.15) is 0 Å². The molecule has 0 atom stereocenters. The zero-order chi connectivity index (χ0) is 17.5. The van der Waals surface area contributed by atoms with E-state index >= 15 is 0 Å². The number of unbranched alkanes of at least 4 members (excludes halogenated alkanes) is 1. The van der Waals surface area contributed by atoms with E-state index in [1.54, 1.807) is 0 Å². The van der Waals surface area contributed by atoms with Crippen LogP contribution in [0, 0.1) is 0 Å². The van der Waals surface area contributed by atoms with E-state index in [-0.39, 0.29) is 0 Å². The zero-order valence-electron chi connectivity index (χ0n) is 14.9. The number of nitrogens with zero attached hydrogens (tertiary/aromatic N) is 2. The maximum atomic E-state index is 8.81. The lowest BCUT2D eigenvalue weighted by Gasteiger charge is -2.26. The average molecular weight is 329 g/mol. The van der Waals surface area contributed by atoms with E-state index in [4.69, 9.17) is 10.5 Å². The molecule has 0 saturated carbocycles. The minimum Gasteiger partial charge on any atom is -0.330 e. The van der Waals surface area contributed by atoms with Gasteiger partial charge in [-0.3, -0.25) is 4.98 Å². The summed E-state index contributed by atoms with van der Waals surface area (Å²) in [5, 5.41) is 1.20. The molecule has 1 aliphatic rings. The van der Waals surface area contributed by atoms with Gasteiger partial charge in [0.05, 0.1) is 5.52 Å². The van der Waals surface area contributed by atoms with Crippen LogP contribution in [-0.4, -0.2) is 42.3 Å². The highest BCUT2D eigenvalue weighted by molar-refractivity contribution is 5.77. The van der Waals surface area contributed by atoms with Gasteiger partial charge in [0.25, 0.3) is 0 Å². The fourth-order valence-corrected chi connectivity index (χ4v) is 2.68. The predicted molar refractivity (Wildman–Crippen MR) is 102 cm³/mol. The Hall–Kier alpha value is -1.78. The van der Waals surface area contributed by atoms with Crippen LogP contribution in [0.5, 0.6) is 0 Å². The van der Waals surface area contributed by atoms with E-state index in [9.17, 15) is 0 Å². The van der Waals surface area contributed by atoms with Crippen molar-refractivity contribution in [3.63, 3.8) is 0 Å². The van der Waals surface area contributed by atoms with E-state index in [0.717, 1.165) is 18.3 Å². The fraction of sp³-hybridized carbons (Fsp3) is 0.500. The summed E-state index contributed by atoms with van der Waals surface area (Å²) < 4.78 is 0. The second kappa shape index (κ2) is 13.6. The Morgan fingerprint density at radius 1 is 1.08 bits per heavy atom. The highest BCUT2D eigenvalue weighted by atomic mass is 16.1. The van der Waals surface area contributed by atoms with Gasteiger partial charge in [-0.1, -0.05) is 30.7 Å². The Balaban J connectivity index is 0.000000207. The van der Waals surface area contributed by atoms with Gasteiger partial charge in [-0.25, -0.2) is 0 Å². The Morgan fingerprint density at radius 2 is 1.75 bits per heavy atom. The summed E-state index contributed by atoms with van der Waals surface area (Å²) in [6, 6.07) is 12.1. The van der Waals surface area contributed by atoms with E-state index in [2.05, 4.69) is 22.0 Å². The van der Waals surface area contributed by atoms with Crippen LogP contribution in [0.15, 0.2) is 42.6 Å². The summed E-state index contributed by atoms with van der Waals surface area (Å²) >= 11 is 0. The van der Waals surface area contributed by atoms with Gasteiger partial charge in [0.2, 0.25) is 0 Å². The van der Waals surface area contributed by atoms with Crippen LogP contribution >= 0.6 is 0 Å². The standard InChI is InChI=1S/C9H20N2.C9H7N.C2H4O/c10-6-2-5-9-11-7-3-1-4-8-11;1-2-6-9-8(4-1)5-3-7-10-9;1-2-3/h1-10H2;1-7H;2H,1H3. The van der Waals surface area contributed by atoms with Crippen LogP contribution in [0.4, 0.5) is 0 Å². The van der Waals surface area contributed by atoms with Crippen LogP contribution in [0.1, 0.15) is 39.0 Å². The number of fused-ring (bicyclic) bond motifs is 1. The van der Waals surface area contributed by atoms with Crippen molar-refractivity contribution in [3.05, 3.63) is 42.6 Å². The molecule has 0 unspecified atom stereocenters. The van der Waals surface area contributed by atoms with Crippen molar-refractivity contribution in [2.75, 3.05) is 26.2 Å². The molecule has 1 aromatic carbocycles. The third-order valence-corrected chi connectivity index (χ3v) is 3.89. The molecule has 1 aromatic heterocycles. The molecule has 0 bridgehead atoms. The molecule has 0 spiro atoms. The van der Waals surface area contributed by atoms with E-state index in [1.165, 1.54) is 64.0 Å². The molecule has 1 fully saturated rings. The highest BCUT2D eigenvalue weighted by Gasteiger charge is 2.08. The summed E-state index contributed by atoms with van der Waals surface area (Å²) in [6.07, 6.45) is 9.29. The molecule has 0 amide bonds. The molecule has 132 valence electrons. The monoisotopic (exact) mass is 329 g/mol. The van der Waals surface area contributed by atoms with E-state index in [0.29, 0.717) is 0 Å². The first-order valence-electron chi connectivity index (χ1n) is 8.93. The summed E-state index contributed by atoms with van der Waals surface area (Å²) in [6.45, 7) is 6.22. The number of aromatic nitrogens is 1. The highest BCUT2D eigenvalue weighted by Crippen LogP contribution is 2.09. The Labute approximate surface area is 146 Å². The number of likely N-dealkylation sites (tertiary alicyclic amines) is 1. The number of carbonyl (C=O) groups excluding carboxylic acids is 1. The predicted octanol–water partition coefficient (Wildman–Crippen LogP) is 3.65. The van der Waals surface area contributed by atoms with Gasteiger partial charge in [0.1, 0.15) is 6.29 Å². The van der Waals surface area contributed by atoms with Crippen molar-refractivity contribution >= 4 is 17.2 Å². The van der Waals surface area contributed by atoms with Crippen molar-refractivity contribution in [2.24, 2.45) is 5.73 Å². The maximum Gasteiger partial charge on any atom is 0.116 e. The van der Waals surface area contributed by atoms with E-state index < -0.39 is 0 Å². The first kappa shape index (κ1) is 20.3. The van der Waals surface area contributed by atoms with Crippen molar-refractivity contribution in [1.29, 1.82) is 0 Å². The number of nitrogens with two attached hydrogens (primary N) is 1. The Morgan fingerprint density at radius 3 is 2.42 bits per heavy atom. The summed E-state index contributed by atoms with van der Waals surface area (Å²) in [7, 11) is 0. The number of rotatable bonds is 4. The second-order valence-corrected chi connectivity index (χ2v) is 5.83. The van der Waals surface area contributed by atoms with Gasteiger partial charge >= 0.3 is 0 Å². The smallest absolute Gasteiger partial charge is 0.116 e. The van der Waals surface area contributed by atoms with Gasteiger partial charge < -0.3 is 15.4 Å². The number of piperidine rings is 1. The van der Waals surface area contributed by atoms with Crippen LogP contribution in [0.2, 0.25) is 0 Å². The van der Waals surface area contributed by atoms with Gasteiger partial charge in [-0.05, 0) is 70.9 Å². The zero-order valence-corrected chi connectivity index (χ0v) is 14.9. The number of para-hydroxylation sites is 1. The Kier molecular flexibility index (Phi) is 11.5. The third kappa shape index (κ3) is 8.75. The van der Waals surface area contributed by atoms with E-state index in [1.807, 2.05) is 30.5 Å². The first-order chi connectivity index (χ1) is 11.8. The number of pyridine rings is 1. The molecule has 0 radical (unpaired) electrons. The largest absolute Gasteiger partial charge is 0.330 e. The third-order valence-electron chi connectivity index (χ3n) is 3.89. The molecule has 4 heteroatoms.